The molecule has 3 rings (SSSR count). The Balaban J connectivity index is 2.01. The summed E-state index contributed by atoms with van der Waals surface area (Å²) in [7, 11) is 0. The first-order valence-corrected chi connectivity index (χ1v) is 11.5. The van der Waals surface area contributed by atoms with Gasteiger partial charge >= 0.3 is 17.9 Å². The zero-order chi connectivity index (χ0) is 23.8. The third kappa shape index (κ3) is 5.01. The second-order valence-electron chi connectivity index (χ2n) is 10.1. The van der Waals surface area contributed by atoms with Crippen LogP contribution in [0.15, 0.2) is 12.2 Å². The zero-order valence-electron chi connectivity index (χ0n) is 19.7. The Hall–Kier alpha value is -1.93. The van der Waals surface area contributed by atoms with Gasteiger partial charge in [0.15, 0.2) is 0 Å². The molecule has 8 unspecified atom stereocenters. The average molecular weight is 453 g/mol. The maximum absolute atomic E-state index is 12.4. The van der Waals surface area contributed by atoms with Crippen LogP contribution < -0.4 is 0 Å². The van der Waals surface area contributed by atoms with Crippen LogP contribution in [0.1, 0.15) is 73.1 Å². The summed E-state index contributed by atoms with van der Waals surface area (Å²) in [6, 6.07) is 0. The SMILES string of the molecule is C=C1C(=O)OC2C1CC1OC(CCC1(C)O)C(C)(OC(C)=O)CCCC(C)C2OC(C)=O. The largest absolute Gasteiger partial charge is 0.458 e. The zero-order valence-corrected chi connectivity index (χ0v) is 19.7. The summed E-state index contributed by atoms with van der Waals surface area (Å²) in [6.07, 6.45) is 0.848. The van der Waals surface area contributed by atoms with Crippen molar-refractivity contribution in [2.75, 3.05) is 0 Å². The Labute approximate surface area is 189 Å². The highest BCUT2D eigenvalue weighted by atomic mass is 16.6. The number of aliphatic hydroxyl groups is 1. The van der Waals surface area contributed by atoms with Crippen molar-refractivity contribution >= 4 is 17.9 Å². The summed E-state index contributed by atoms with van der Waals surface area (Å²) in [4.78, 5) is 36.2. The van der Waals surface area contributed by atoms with E-state index in [1.807, 2.05) is 13.8 Å². The van der Waals surface area contributed by atoms with Gasteiger partial charge in [0, 0.05) is 25.3 Å². The number of hydrogen-bond donors (Lipinski definition) is 1. The van der Waals surface area contributed by atoms with Crippen molar-refractivity contribution in [3.8, 4) is 0 Å². The van der Waals surface area contributed by atoms with Crippen molar-refractivity contribution in [3.05, 3.63) is 12.2 Å². The highest BCUT2D eigenvalue weighted by Gasteiger charge is 2.53. The lowest BCUT2D eigenvalue weighted by atomic mass is 9.75. The van der Waals surface area contributed by atoms with Crippen molar-refractivity contribution < 1.29 is 38.4 Å². The molecule has 0 amide bonds. The highest BCUT2D eigenvalue weighted by Crippen LogP contribution is 2.44. The van der Waals surface area contributed by atoms with Gasteiger partial charge in [-0.3, -0.25) is 9.59 Å². The maximum Gasteiger partial charge on any atom is 0.334 e. The van der Waals surface area contributed by atoms with Crippen LogP contribution >= 0.6 is 0 Å². The fourth-order valence-electron chi connectivity index (χ4n) is 5.43. The molecular weight excluding hydrogens is 416 g/mol. The number of rotatable bonds is 2. The first-order chi connectivity index (χ1) is 14.8. The summed E-state index contributed by atoms with van der Waals surface area (Å²) in [6.45, 7) is 12.2. The lowest BCUT2D eigenvalue weighted by molar-refractivity contribution is -0.231. The van der Waals surface area contributed by atoms with Gasteiger partial charge in [-0.05, 0) is 58.3 Å². The van der Waals surface area contributed by atoms with E-state index >= 15 is 0 Å². The third-order valence-electron chi connectivity index (χ3n) is 7.33. The van der Waals surface area contributed by atoms with Crippen molar-refractivity contribution in [1.82, 2.24) is 0 Å². The standard InChI is InChI=1S/C24H36O8/c1-13-8-7-10-24(6,32-16(4)26)18-9-11-23(5,28)19(30-18)12-17-14(2)22(27)31-21(17)20(13)29-15(3)25/h13,17-21,28H,2,7-12H2,1,3-6H3. The topological polar surface area (TPSA) is 108 Å². The van der Waals surface area contributed by atoms with Crippen LogP contribution in [-0.4, -0.2) is 58.6 Å². The molecule has 0 aliphatic carbocycles. The molecule has 8 atom stereocenters. The Morgan fingerprint density at radius 2 is 1.81 bits per heavy atom. The molecule has 2 bridgehead atoms. The van der Waals surface area contributed by atoms with Crippen molar-refractivity contribution in [3.63, 3.8) is 0 Å². The van der Waals surface area contributed by atoms with E-state index in [-0.39, 0.29) is 24.4 Å². The number of ether oxygens (including phenoxy) is 4. The molecule has 3 aliphatic rings. The summed E-state index contributed by atoms with van der Waals surface area (Å²) in [5, 5.41) is 11.1. The van der Waals surface area contributed by atoms with Crippen molar-refractivity contribution in [1.29, 1.82) is 0 Å². The van der Waals surface area contributed by atoms with Crippen molar-refractivity contribution in [2.45, 2.75) is 109 Å². The Morgan fingerprint density at radius 3 is 2.44 bits per heavy atom. The molecule has 180 valence electrons. The van der Waals surface area contributed by atoms with Gasteiger partial charge in [-0.1, -0.05) is 13.5 Å². The van der Waals surface area contributed by atoms with Crippen molar-refractivity contribution in [2.24, 2.45) is 11.8 Å². The maximum atomic E-state index is 12.4. The van der Waals surface area contributed by atoms with Gasteiger partial charge < -0.3 is 24.1 Å². The minimum absolute atomic E-state index is 0.104. The van der Waals surface area contributed by atoms with E-state index in [0.717, 1.165) is 0 Å². The van der Waals surface area contributed by atoms with E-state index in [2.05, 4.69) is 6.58 Å². The van der Waals surface area contributed by atoms with Gasteiger partial charge in [-0.15, -0.1) is 0 Å². The second-order valence-corrected chi connectivity index (χ2v) is 10.1. The molecule has 8 nitrogen and oxygen atoms in total. The molecule has 3 fully saturated rings. The molecular formula is C24H36O8. The highest BCUT2D eigenvalue weighted by molar-refractivity contribution is 5.91. The lowest BCUT2D eigenvalue weighted by Crippen LogP contribution is -2.57. The Kier molecular flexibility index (Phi) is 7.05. The number of fused-ring (bicyclic) bond motifs is 3. The molecule has 0 aromatic rings. The van der Waals surface area contributed by atoms with Crippen LogP contribution in [0.3, 0.4) is 0 Å². The molecule has 0 radical (unpaired) electrons. The molecule has 0 spiro atoms. The van der Waals surface area contributed by atoms with E-state index in [0.29, 0.717) is 37.7 Å². The number of carbonyl (C=O) groups is 3. The molecule has 3 heterocycles. The fourth-order valence-corrected chi connectivity index (χ4v) is 5.43. The van der Waals surface area contributed by atoms with Crippen LogP contribution in [-0.2, 0) is 33.3 Å². The van der Waals surface area contributed by atoms with E-state index in [9.17, 15) is 19.5 Å². The molecule has 8 heteroatoms. The van der Waals surface area contributed by atoms with Gasteiger partial charge in [-0.25, -0.2) is 4.79 Å². The fraction of sp³-hybridized carbons (Fsp3) is 0.792. The lowest BCUT2D eigenvalue weighted by Gasteiger charge is -2.48. The number of carbonyl (C=O) groups excluding carboxylic acids is 3. The molecule has 32 heavy (non-hydrogen) atoms. The van der Waals surface area contributed by atoms with Crippen LogP contribution in [0, 0.1) is 11.8 Å². The van der Waals surface area contributed by atoms with Gasteiger partial charge in [0.05, 0.1) is 17.8 Å². The smallest absolute Gasteiger partial charge is 0.334 e. The predicted molar refractivity (Wildman–Crippen MR) is 114 cm³/mol. The summed E-state index contributed by atoms with van der Waals surface area (Å²) < 4.78 is 23.4. The molecule has 1 N–H and O–H groups in total. The van der Waals surface area contributed by atoms with E-state index < -0.39 is 47.4 Å². The van der Waals surface area contributed by atoms with E-state index in [4.69, 9.17) is 18.9 Å². The predicted octanol–water partition coefficient (Wildman–Crippen LogP) is 2.85. The second kappa shape index (κ2) is 9.14. The molecule has 0 aromatic carbocycles. The molecule has 0 saturated carbocycles. The van der Waals surface area contributed by atoms with Crippen LogP contribution in [0.2, 0.25) is 0 Å². The van der Waals surface area contributed by atoms with E-state index in [1.54, 1.807) is 6.92 Å². The quantitative estimate of drug-likeness (QED) is 0.387. The summed E-state index contributed by atoms with van der Waals surface area (Å²) >= 11 is 0. The van der Waals surface area contributed by atoms with Crippen LogP contribution in [0.5, 0.6) is 0 Å². The van der Waals surface area contributed by atoms with Gasteiger partial charge in [-0.2, -0.15) is 0 Å². The monoisotopic (exact) mass is 452 g/mol. The first-order valence-electron chi connectivity index (χ1n) is 11.5. The van der Waals surface area contributed by atoms with Crippen LogP contribution in [0.25, 0.3) is 0 Å². The number of hydrogen-bond acceptors (Lipinski definition) is 8. The van der Waals surface area contributed by atoms with Crippen LogP contribution in [0.4, 0.5) is 0 Å². The Morgan fingerprint density at radius 1 is 1.12 bits per heavy atom. The number of esters is 3. The molecule has 0 aromatic heterocycles. The van der Waals surface area contributed by atoms with Gasteiger partial charge in [0.1, 0.15) is 17.8 Å². The first kappa shape index (κ1) is 24.7. The Bertz CT molecular complexity index is 774. The molecule has 3 aliphatic heterocycles. The van der Waals surface area contributed by atoms with E-state index in [1.165, 1.54) is 13.8 Å². The summed E-state index contributed by atoms with van der Waals surface area (Å²) in [5.41, 5.74) is -1.70. The van der Waals surface area contributed by atoms with Gasteiger partial charge in [0.25, 0.3) is 0 Å². The minimum Gasteiger partial charge on any atom is -0.458 e. The normalized spacial score (nSPS) is 42.7. The van der Waals surface area contributed by atoms with Gasteiger partial charge in [0.2, 0.25) is 0 Å². The summed E-state index contributed by atoms with van der Waals surface area (Å²) in [5.74, 6) is -1.93. The minimum atomic E-state index is -1.14. The molecule has 3 saturated heterocycles. The third-order valence-corrected chi connectivity index (χ3v) is 7.33. The average Bonchev–Trinajstić information content (AvgIpc) is 2.94.